The fraction of sp³-hybridized carbons (Fsp3) is 0.750. The Balaban J connectivity index is 0. The standard InChI is InChI=1S/C6H12O.C2H6/c1-4-6(2)5-7-3;1-2/h5H,4H2,1-3H3;1-2H3/b6-5-;. The molecule has 0 aliphatic heterocycles. The van der Waals surface area contributed by atoms with Gasteiger partial charge in [-0.25, -0.2) is 0 Å². The largest absolute Gasteiger partial charge is 0.504 e. The molecule has 0 N–H and O–H groups in total. The van der Waals surface area contributed by atoms with Crippen molar-refractivity contribution in [3.8, 4) is 0 Å². The Labute approximate surface area is 58.7 Å². The van der Waals surface area contributed by atoms with Crippen molar-refractivity contribution in [2.45, 2.75) is 34.1 Å². The number of ether oxygens (including phenoxy) is 1. The molecule has 0 fully saturated rings. The van der Waals surface area contributed by atoms with Gasteiger partial charge in [0, 0.05) is 0 Å². The maximum absolute atomic E-state index is 4.73. The number of hydrogen-bond acceptors (Lipinski definition) is 1. The molecule has 0 aromatic heterocycles. The smallest absolute Gasteiger partial charge is 0.0813 e. The van der Waals surface area contributed by atoms with E-state index >= 15 is 0 Å². The molecule has 0 unspecified atom stereocenters. The fourth-order valence-corrected chi connectivity index (χ4v) is 0.285. The van der Waals surface area contributed by atoms with Crippen LogP contribution in [0.5, 0.6) is 0 Å². The van der Waals surface area contributed by atoms with Gasteiger partial charge in [0.1, 0.15) is 0 Å². The third-order valence-corrected chi connectivity index (χ3v) is 0.877. The van der Waals surface area contributed by atoms with Gasteiger partial charge in [0.15, 0.2) is 0 Å². The number of rotatable bonds is 2. The van der Waals surface area contributed by atoms with Crippen LogP contribution in [0.1, 0.15) is 34.1 Å². The van der Waals surface area contributed by atoms with Crippen LogP contribution in [0.3, 0.4) is 0 Å². The Morgan fingerprint density at radius 1 is 1.44 bits per heavy atom. The first-order valence-corrected chi connectivity index (χ1v) is 3.49. The summed E-state index contributed by atoms with van der Waals surface area (Å²) in [6.45, 7) is 8.15. The first kappa shape index (κ1) is 11.4. The topological polar surface area (TPSA) is 9.23 Å². The summed E-state index contributed by atoms with van der Waals surface area (Å²) < 4.78 is 4.73. The predicted octanol–water partition coefficient (Wildman–Crippen LogP) is 2.97. The first-order chi connectivity index (χ1) is 4.31. The van der Waals surface area contributed by atoms with Crippen LogP contribution in [0, 0.1) is 0 Å². The van der Waals surface area contributed by atoms with Gasteiger partial charge in [0.25, 0.3) is 0 Å². The van der Waals surface area contributed by atoms with E-state index in [1.165, 1.54) is 5.57 Å². The molecular weight excluding hydrogens is 112 g/mol. The Bertz CT molecular complexity index is 65.0. The van der Waals surface area contributed by atoms with Gasteiger partial charge in [-0.2, -0.15) is 0 Å². The van der Waals surface area contributed by atoms with Crippen molar-refractivity contribution >= 4 is 0 Å². The lowest BCUT2D eigenvalue weighted by atomic mass is 10.3. The van der Waals surface area contributed by atoms with E-state index < -0.39 is 0 Å². The highest BCUT2D eigenvalue weighted by atomic mass is 16.5. The van der Waals surface area contributed by atoms with E-state index in [0.717, 1.165) is 6.42 Å². The van der Waals surface area contributed by atoms with Crippen LogP contribution in [0.4, 0.5) is 0 Å². The molecule has 0 aromatic carbocycles. The zero-order valence-corrected chi connectivity index (χ0v) is 7.19. The van der Waals surface area contributed by atoms with Crippen molar-refractivity contribution < 1.29 is 4.74 Å². The molecule has 1 heteroatoms. The summed E-state index contributed by atoms with van der Waals surface area (Å²) in [7, 11) is 1.67. The molecule has 0 spiro atoms. The summed E-state index contributed by atoms with van der Waals surface area (Å²) in [5, 5.41) is 0. The third-order valence-electron chi connectivity index (χ3n) is 0.877. The summed E-state index contributed by atoms with van der Waals surface area (Å²) >= 11 is 0. The molecule has 0 atom stereocenters. The van der Waals surface area contributed by atoms with Gasteiger partial charge < -0.3 is 4.74 Å². The van der Waals surface area contributed by atoms with Crippen molar-refractivity contribution in [2.24, 2.45) is 0 Å². The SMILES string of the molecule is CC.CC/C(C)=C\OC. The van der Waals surface area contributed by atoms with Gasteiger partial charge in [-0.15, -0.1) is 0 Å². The number of methoxy groups -OCH3 is 1. The molecular formula is C8H18O. The van der Waals surface area contributed by atoms with Crippen LogP contribution in [-0.4, -0.2) is 7.11 Å². The average molecular weight is 130 g/mol. The summed E-state index contributed by atoms with van der Waals surface area (Å²) in [4.78, 5) is 0. The van der Waals surface area contributed by atoms with Gasteiger partial charge in [0.2, 0.25) is 0 Å². The molecule has 0 rings (SSSR count). The average Bonchev–Trinajstić information content (AvgIpc) is 1.93. The summed E-state index contributed by atoms with van der Waals surface area (Å²) in [6, 6.07) is 0. The van der Waals surface area contributed by atoms with Gasteiger partial charge >= 0.3 is 0 Å². The summed E-state index contributed by atoms with van der Waals surface area (Å²) in [5.74, 6) is 0. The van der Waals surface area contributed by atoms with Gasteiger partial charge in [-0.1, -0.05) is 20.8 Å². The molecule has 0 heterocycles. The lowest BCUT2D eigenvalue weighted by Crippen LogP contribution is -1.72. The van der Waals surface area contributed by atoms with Crippen LogP contribution >= 0.6 is 0 Å². The highest BCUT2D eigenvalue weighted by Crippen LogP contribution is 1.95. The Kier molecular flexibility index (Phi) is 13.3. The second-order valence-corrected chi connectivity index (χ2v) is 1.55. The first-order valence-electron chi connectivity index (χ1n) is 3.49. The molecule has 0 aromatic rings. The summed E-state index contributed by atoms with van der Waals surface area (Å²) in [6.07, 6.45) is 2.84. The number of hydrogen-bond donors (Lipinski definition) is 0. The normalized spacial score (nSPS) is 9.67. The number of allylic oxidation sites excluding steroid dienone is 1. The lowest BCUT2D eigenvalue weighted by Gasteiger charge is -1.90. The van der Waals surface area contributed by atoms with Gasteiger partial charge in [-0.3, -0.25) is 0 Å². The Hall–Kier alpha value is -0.460. The van der Waals surface area contributed by atoms with E-state index in [2.05, 4.69) is 6.92 Å². The minimum Gasteiger partial charge on any atom is -0.504 e. The molecule has 56 valence electrons. The van der Waals surface area contributed by atoms with Crippen LogP contribution < -0.4 is 0 Å². The van der Waals surface area contributed by atoms with E-state index in [1.54, 1.807) is 13.4 Å². The van der Waals surface area contributed by atoms with Crippen molar-refractivity contribution in [2.75, 3.05) is 7.11 Å². The van der Waals surface area contributed by atoms with Crippen molar-refractivity contribution in [3.05, 3.63) is 11.8 Å². The van der Waals surface area contributed by atoms with Crippen molar-refractivity contribution in [3.63, 3.8) is 0 Å². The van der Waals surface area contributed by atoms with E-state index in [-0.39, 0.29) is 0 Å². The highest BCUT2D eigenvalue weighted by Gasteiger charge is 1.77. The molecule has 0 bridgehead atoms. The van der Waals surface area contributed by atoms with Crippen LogP contribution in [0.2, 0.25) is 0 Å². The van der Waals surface area contributed by atoms with Gasteiger partial charge in [0.05, 0.1) is 13.4 Å². The maximum Gasteiger partial charge on any atom is 0.0813 e. The van der Waals surface area contributed by atoms with Crippen LogP contribution in [-0.2, 0) is 4.74 Å². The zero-order chi connectivity index (χ0) is 7.70. The quantitative estimate of drug-likeness (QED) is 0.522. The monoisotopic (exact) mass is 130 g/mol. The second-order valence-electron chi connectivity index (χ2n) is 1.55. The third kappa shape index (κ3) is 11.2. The van der Waals surface area contributed by atoms with E-state index in [9.17, 15) is 0 Å². The molecule has 0 saturated heterocycles. The predicted molar refractivity (Wildman–Crippen MR) is 42.4 cm³/mol. The molecule has 0 aliphatic rings. The van der Waals surface area contributed by atoms with Gasteiger partial charge in [-0.05, 0) is 18.9 Å². The minimum atomic E-state index is 1.08. The fourth-order valence-electron chi connectivity index (χ4n) is 0.285. The molecule has 0 amide bonds. The minimum absolute atomic E-state index is 1.08. The van der Waals surface area contributed by atoms with Crippen LogP contribution in [0.15, 0.2) is 11.8 Å². The Morgan fingerprint density at radius 3 is 2.00 bits per heavy atom. The zero-order valence-electron chi connectivity index (χ0n) is 7.19. The highest BCUT2D eigenvalue weighted by molar-refractivity contribution is 4.90. The van der Waals surface area contributed by atoms with E-state index in [0.29, 0.717) is 0 Å². The Morgan fingerprint density at radius 2 is 1.89 bits per heavy atom. The lowest BCUT2D eigenvalue weighted by molar-refractivity contribution is 0.333. The molecule has 1 nitrogen and oxygen atoms in total. The maximum atomic E-state index is 4.73. The van der Waals surface area contributed by atoms with Crippen molar-refractivity contribution in [1.29, 1.82) is 0 Å². The molecule has 0 aliphatic carbocycles. The second kappa shape index (κ2) is 10.5. The molecule has 0 saturated carbocycles. The molecule has 9 heavy (non-hydrogen) atoms. The van der Waals surface area contributed by atoms with E-state index in [4.69, 9.17) is 4.74 Å². The van der Waals surface area contributed by atoms with E-state index in [1.807, 2.05) is 20.8 Å². The van der Waals surface area contributed by atoms with Crippen LogP contribution in [0.25, 0.3) is 0 Å². The van der Waals surface area contributed by atoms with Crippen molar-refractivity contribution in [1.82, 2.24) is 0 Å². The summed E-state index contributed by atoms with van der Waals surface area (Å²) in [5.41, 5.74) is 1.28. The molecule has 0 radical (unpaired) electrons.